The second-order valence-corrected chi connectivity index (χ2v) is 9.18. The number of likely N-dealkylation sites (tertiary alicyclic amines) is 1. The summed E-state index contributed by atoms with van der Waals surface area (Å²) in [5.41, 5.74) is 2.30. The molecule has 0 aromatic heterocycles. The molecule has 1 heterocycles. The SMILES string of the molecule is Br.Br.CCCN(CCCCCN1CCC[C@H]1Cc1ccc(O)c(O)c1)CCc1cccc(O)c1. The molecule has 0 unspecified atom stereocenters. The Kier molecular flexibility index (Phi) is 14.8. The molecule has 1 atom stereocenters. The molecule has 0 radical (unpaired) electrons. The van der Waals surface area contributed by atoms with E-state index in [4.69, 9.17) is 0 Å². The van der Waals surface area contributed by atoms with Crippen LogP contribution in [0.2, 0.25) is 0 Å². The number of nitrogens with zero attached hydrogens (tertiary/aromatic N) is 2. The van der Waals surface area contributed by atoms with Crippen molar-refractivity contribution in [3.63, 3.8) is 0 Å². The van der Waals surface area contributed by atoms with Crippen molar-refractivity contribution in [3.05, 3.63) is 53.6 Å². The average molecular weight is 602 g/mol. The number of aromatic hydroxyl groups is 3. The molecule has 5 nitrogen and oxygen atoms in total. The molecule has 1 saturated heterocycles. The lowest BCUT2D eigenvalue weighted by Gasteiger charge is -2.25. The van der Waals surface area contributed by atoms with Crippen molar-refractivity contribution in [1.82, 2.24) is 9.80 Å². The van der Waals surface area contributed by atoms with Crippen LogP contribution in [0.25, 0.3) is 0 Å². The molecule has 3 rings (SSSR count). The van der Waals surface area contributed by atoms with Crippen molar-refractivity contribution in [2.45, 2.75) is 64.3 Å². The van der Waals surface area contributed by atoms with Crippen LogP contribution in [0.3, 0.4) is 0 Å². The highest BCUT2D eigenvalue weighted by Gasteiger charge is 2.24. The van der Waals surface area contributed by atoms with E-state index in [1.807, 2.05) is 18.2 Å². The fourth-order valence-electron chi connectivity index (χ4n) is 4.87. The van der Waals surface area contributed by atoms with Crippen LogP contribution in [0.5, 0.6) is 17.2 Å². The monoisotopic (exact) mass is 600 g/mol. The summed E-state index contributed by atoms with van der Waals surface area (Å²) in [4.78, 5) is 5.16. The van der Waals surface area contributed by atoms with Crippen LogP contribution in [0.1, 0.15) is 56.6 Å². The summed E-state index contributed by atoms with van der Waals surface area (Å²) in [5.74, 6) is 0.288. The van der Waals surface area contributed by atoms with E-state index in [1.54, 1.807) is 18.2 Å². The Morgan fingerprint density at radius 2 is 1.71 bits per heavy atom. The highest BCUT2D eigenvalue weighted by Crippen LogP contribution is 2.28. The van der Waals surface area contributed by atoms with Crippen molar-refractivity contribution >= 4 is 34.0 Å². The maximum atomic E-state index is 9.76. The fraction of sp³-hybridized carbons (Fsp3) is 0.556. The summed E-state index contributed by atoms with van der Waals surface area (Å²) in [7, 11) is 0. The highest BCUT2D eigenvalue weighted by molar-refractivity contribution is 8.93. The van der Waals surface area contributed by atoms with Gasteiger partial charge >= 0.3 is 0 Å². The number of unbranched alkanes of at least 4 members (excludes halogenated alkanes) is 2. The molecule has 7 heteroatoms. The van der Waals surface area contributed by atoms with Crippen LogP contribution in [0, 0.1) is 0 Å². The van der Waals surface area contributed by atoms with Crippen molar-refractivity contribution in [3.8, 4) is 17.2 Å². The van der Waals surface area contributed by atoms with E-state index in [0.717, 1.165) is 44.6 Å². The third-order valence-corrected chi connectivity index (χ3v) is 6.60. The third-order valence-electron chi connectivity index (χ3n) is 6.60. The first kappa shape index (κ1) is 30.8. The molecule has 1 aliphatic rings. The molecule has 0 amide bonds. The molecule has 1 aliphatic heterocycles. The first-order valence-corrected chi connectivity index (χ1v) is 12.3. The Morgan fingerprint density at radius 1 is 0.882 bits per heavy atom. The summed E-state index contributed by atoms with van der Waals surface area (Å²) in [6.07, 6.45) is 9.24. The van der Waals surface area contributed by atoms with Gasteiger partial charge in [-0.05, 0) is 107 Å². The summed E-state index contributed by atoms with van der Waals surface area (Å²) in [5, 5.41) is 28.9. The van der Waals surface area contributed by atoms with Gasteiger partial charge in [0.2, 0.25) is 0 Å². The molecule has 2 aromatic carbocycles. The predicted octanol–water partition coefficient (Wildman–Crippen LogP) is 6.09. The number of rotatable bonds is 13. The van der Waals surface area contributed by atoms with Crippen LogP contribution in [0.15, 0.2) is 42.5 Å². The molecular weight excluding hydrogens is 560 g/mol. The number of phenols is 3. The van der Waals surface area contributed by atoms with Gasteiger partial charge in [-0.2, -0.15) is 0 Å². The van der Waals surface area contributed by atoms with E-state index < -0.39 is 0 Å². The Morgan fingerprint density at radius 3 is 2.44 bits per heavy atom. The maximum Gasteiger partial charge on any atom is 0.157 e. The molecule has 34 heavy (non-hydrogen) atoms. The van der Waals surface area contributed by atoms with Crippen molar-refractivity contribution in [2.24, 2.45) is 0 Å². The number of phenolic OH excluding ortho intramolecular Hbond substituents is 3. The molecule has 2 aromatic rings. The lowest BCUT2D eigenvalue weighted by Crippen LogP contribution is -2.32. The molecular formula is C27H42Br2N2O3. The molecule has 192 valence electrons. The fourth-order valence-corrected chi connectivity index (χ4v) is 4.87. The van der Waals surface area contributed by atoms with Crippen molar-refractivity contribution in [1.29, 1.82) is 0 Å². The van der Waals surface area contributed by atoms with Gasteiger partial charge in [-0.15, -0.1) is 34.0 Å². The minimum Gasteiger partial charge on any atom is -0.508 e. The number of benzene rings is 2. The standard InChI is InChI=1S/C27H40N2O3.2BrH/c1-2-14-28(18-13-22-8-6-10-25(30)20-22)15-4-3-5-16-29-17-7-9-24(29)19-23-11-12-26(31)27(32)21-23;;/h6,8,10-12,20-21,24,30-32H,2-5,7,9,13-19H2,1H3;2*1H/t24-;;/m0../s1. The zero-order valence-electron chi connectivity index (χ0n) is 20.4. The molecule has 1 fully saturated rings. The van der Waals surface area contributed by atoms with Gasteiger partial charge in [0.05, 0.1) is 0 Å². The van der Waals surface area contributed by atoms with Gasteiger partial charge < -0.3 is 25.1 Å². The lowest BCUT2D eigenvalue weighted by atomic mass is 10.0. The van der Waals surface area contributed by atoms with Crippen molar-refractivity contribution < 1.29 is 15.3 Å². The van der Waals surface area contributed by atoms with Gasteiger partial charge in [0, 0.05) is 12.6 Å². The van der Waals surface area contributed by atoms with Crippen LogP contribution in [-0.2, 0) is 12.8 Å². The zero-order valence-corrected chi connectivity index (χ0v) is 23.8. The van der Waals surface area contributed by atoms with Gasteiger partial charge in [-0.3, -0.25) is 0 Å². The van der Waals surface area contributed by atoms with E-state index in [9.17, 15) is 15.3 Å². The second kappa shape index (κ2) is 16.4. The van der Waals surface area contributed by atoms with Crippen LogP contribution >= 0.6 is 34.0 Å². The third kappa shape index (κ3) is 10.1. The predicted molar refractivity (Wildman–Crippen MR) is 151 cm³/mol. The first-order valence-electron chi connectivity index (χ1n) is 12.3. The Bertz CT molecular complexity index is 837. The molecule has 0 bridgehead atoms. The van der Waals surface area contributed by atoms with Gasteiger partial charge in [-0.25, -0.2) is 0 Å². The summed E-state index contributed by atoms with van der Waals surface area (Å²) in [6.45, 7) is 7.87. The van der Waals surface area contributed by atoms with Crippen molar-refractivity contribution in [2.75, 3.05) is 32.7 Å². The molecule has 0 aliphatic carbocycles. The van der Waals surface area contributed by atoms with E-state index >= 15 is 0 Å². The highest BCUT2D eigenvalue weighted by atomic mass is 79.9. The lowest BCUT2D eigenvalue weighted by molar-refractivity contribution is 0.238. The van der Waals surface area contributed by atoms with Gasteiger partial charge in [0.15, 0.2) is 11.5 Å². The van der Waals surface area contributed by atoms with Gasteiger partial charge in [-0.1, -0.05) is 31.5 Å². The molecule has 0 spiro atoms. The minimum absolute atomic E-state index is 0. The summed E-state index contributed by atoms with van der Waals surface area (Å²) in [6, 6.07) is 13.4. The van der Waals surface area contributed by atoms with Gasteiger partial charge in [0.25, 0.3) is 0 Å². The topological polar surface area (TPSA) is 67.2 Å². The van der Waals surface area contributed by atoms with Gasteiger partial charge in [0.1, 0.15) is 5.75 Å². The number of hydrogen-bond donors (Lipinski definition) is 3. The number of hydrogen-bond acceptors (Lipinski definition) is 5. The van der Waals surface area contributed by atoms with E-state index in [0.29, 0.717) is 11.8 Å². The first-order chi connectivity index (χ1) is 15.5. The summed E-state index contributed by atoms with van der Waals surface area (Å²) < 4.78 is 0. The normalized spacial score (nSPS) is 15.8. The van der Waals surface area contributed by atoms with E-state index in [-0.39, 0.29) is 45.5 Å². The second-order valence-electron chi connectivity index (χ2n) is 9.18. The van der Waals surface area contributed by atoms with Crippen LogP contribution in [-0.4, -0.2) is 63.9 Å². The Hall–Kier alpha value is -1.28. The number of halogens is 2. The zero-order chi connectivity index (χ0) is 22.8. The average Bonchev–Trinajstić information content (AvgIpc) is 3.21. The maximum absolute atomic E-state index is 9.76. The Labute approximate surface area is 226 Å². The molecule has 0 saturated carbocycles. The smallest absolute Gasteiger partial charge is 0.157 e. The Balaban J connectivity index is 0.00000289. The van der Waals surface area contributed by atoms with E-state index in [1.165, 1.54) is 50.6 Å². The van der Waals surface area contributed by atoms with Crippen LogP contribution in [0.4, 0.5) is 0 Å². The minimum atomic E-state index is -0.0453. The van der Waals surface area contributed by atoms with E-state index in [2.05, 4.69) is 22.8 Å². The quantitative estimate of drug-likeness (QED) is 0.191. The summed E-state index contributed by atoms with van der Waals surface area (Å²) >= 11 is 0. The van der Waals surface area contributed by atoms with Crippen LogP contribution < -0.4 is 0 Å². The molecule has 3 N–H and O–H groups in total. The largest absolute Gasteiger partial charge is 0.508 e.